The van der Waals surface area contributed by atoms with Gasteiger partial charge in [-0.3, -0.25) is 19.5 Å². The summed E-state index contributed by atoms with van der Waals surface area (Å²) < 4.78 is 7.90. The van der Waals surface area contributed by atoms with Crippen LogP contribution in [0.3, 0.4) is 0 Å². The number of hydrogen-bond acceptors (Lipinski definition) is 5. The molecule has 0 aliphatic carbocycles. The Kier molecular flexibility index (Phi) is 5.43. The van der Waals surface area contributed by atoms with Gasteiger partial charge < -0.3 is 4.74 Å². The Morgan fingerprint density at radius 1 is 1.15 bits per heavy atom. The molecule has 3 unspecified atom stereocenters. The molecule has 0 radical (unpaired) electrons. The summed E-state index contributed by atoms with van der Waals surface area (Å²) >= 11 is 0. The maximum atomic E-state index is 12.8. The van der Waals surface area contributed by atoms with Gasteiger partial charge in [0.2, 0.25) is 0 Å². The Balaban J connectivity index is 1.89. The molecule has 3 rings (SSSR count). The lowest BCUT2D eigenvalue weighted by atomic mass is 10.1. The number of hydrogen-bond donors (Lipinski definition) is 0. The summed E-state index contributed by atoms with van der Waals surface area (Å²) in [6.07, 6.45) is 2.37. The number of imide groups is 1. The molecule has 8 heteroatoms. The third-order valence-electron chi connectivity index (χ3n) is 5.23. The highest BCUT2D eigenvalue weighted by atomic mass is 16.5. The fourth-order valence-corrected chi connectivity index (χ4v) is 3.98. The number of amides is 3. The van der Waals surface area contributed by atoms with Crippen LogP contribution in [-0.2, 0) is 9.53 Å². The number of rotatable bonds is 5. The quantitative estimate of drug-likeness (QED) is 0.671. The number of carbonyl (C=O) groups excluding carboxylic acids is 2. The molecule has 0 saturated carbocycles. The first-order valence-corrected chi connectivity index (χ1v) is 9.47. The van der Waals surface area contributed by atoms with Crippen molar-refractivity contribution in [3.8, 4) is 0 Å². The number of urea groups is 1. The number of carbonyl (C=O) groups is 2. The minimum Gasteiger partial charge on any atom is -0.373 e. The van der Waals surface area contributed by atoms with E-state index in [9.17, 15) is 9.59 Å². The molecule has 3 atom stereocenters. The Bertz CT molecular complexity index is 649. The van der Waals surface area contributed by atoms with Crippen molar-refractivity contribution in [2.75, 3.05) is 40.3 Å². The average Bonchev–Trinajstić information content (AvgIpc) is 2.93. The van der Waals surface area contributed by atoms with E-state index < -0.39 is 6.04 Å². The van der Waals surface area contributed by atoms with Gasteiger partial charge in [0.15, 0.2) is 0 Å². The number of morpholine rings is 1. The van der Waals surface area contributed by atoms with Crippen LogP contribution in [-0.4, -0.2) is 101 Å². The molecule has 0 aromatic rings. The van der Waals surface area contributed by atoms with E-state index >= 15 is 0 Å². The van der Waals surface area contributed by atoms with Crippen LogP contribution in [0.4, 0.5) is 4.79 Å². The van der Waals surface area contributed by atoms with Crippen LogP contribution in [0, 0.1) is 0 Å². The van der Waals surface area contributed by atoms with E-state index in [0.29, 0.717) is 12.4 Å². The van der Waals surface area contributed by atoms with E-state index in [0.717, 1.165) is 38.3 Å². The predicted octanol–water partition coefficient (Wildman–Crippen LogP) is 0.611. The molecule has 0 aromatic heterocycles. The summed E-state index contributed by atoms with van der Waals surface area (Å²) in [6.45, 7) is 9.40. The van der Waals surface area contributed by atoms with Crippen LogP contribution >= 0.6 is 0 Å². The van der Waals surface area contributed by atoms with E-state index in [1.54, 1.807) is 14.1 Å². The largest absolute Gasteiger partial charge is 0.373 e. The average molecular weight is 364 g/mol. The van der Waals surface area contributed by atoms with Crippen molar-refractivity contribution in [1.82, 2.24) is 14.7 Å². The second kappa shape index (κ2) is 7.44. The molecule has 0 N–H and O–H groups in total. The van der Waals surface area contributed by atoms with Gasteiger partial charge in [-0.1, -0.05) is 13.3 Å². The van der Waals surface area contributed by atoms with Gasteiger partial charge in [0.05, 0.1) is 18.8 Å². The van der Waals surface area contributed by atoms with Gasteiger partial charge in [0.1, 0.15) is 6.54 Å². The monoisotopic (exact) mass is 364 g/mol. The van der Waals surface area contributed by atoms with Crippen molar-refractivity contribution in [2.45, 2.75) is 51.9 Å². The molecule has 3 aliphatic rings. The summed E-state index contributed by atoms with van der Waals surface area (Å²) in [5.74, 6) is 1.24. The van der Waals surface area contributed by atoms with Crippen LogP contribution < -0.4 is 0 Å². The molecular weight excluding hydrogens is 334 g/mol. The molecule has 3 aliphatic heterocycles. The van der Waals surface area contributed by atoms with Gasteiger partial charge >= 0.3 is 11.9 Å². The van der Waals surface area contributed by atoms with E-state index in [-0.39, 0.29) is 24.1 Å². The van der Waals surface area contributed by atoms with E-state index in [1.807, 2.05) is 0 Å². The third-order valence-corrected chi connectivity index (χ3v) is 5.23. The topological polar surface area (TPSA) is 68.5 Å². The number of unbranched alkanes of at least 4 members (excludes halogenated alkanes) is 1. The molecule has 0 aromatic carbocycles. The van der Waals surface area contributed by atoms with Gasteiger partial charge in [-0.2, -0.15) is 0 Å². The van der Waals surface area contributed by atoms with E-state index in [2.05, 4.69) is 30.2 Å². The lowest BCUT2D eigenvalue weighted by Gasteiger charge is -2.34. The zero-order valence-corrected chi connectivity index (χ0v) is 16.4. The minimum absolute atomic E-state index is 0.178. The van der Waals surface area contributed by atoms with Crippen LogP contribution in [0.25, 0.3) is 0 Å². The van der Waals surface area contributed by atoms with E-state index in [4.69, 9.17) is 9.73 Å². The van der Waals surface area contributed by atoms with Gasteiger partial charge in [-0.15, -0.1) is 0 Å². The molecule has 0 bridgehead atoms. The molecule has 26 heavy (non-hydrogen) atoms. The molecule has 8 nitrogen and oxygen atoms in total. The van der Waals surface area contributed by atoms with Crippen LogP contribution in [0.15, 0.2) is 4.99 Å². The van der Waals surface area contributed by atoms with Gasteiger partial charge in [-0.05, 0) is 25.3 Å². The molecular formula is C18H30N5O3+. The maximum absolute atomic E-state index is 12.8. The molecule has 144 valence electrons. The summed E-state index contributed by atoms with van der Waals surface area (Å²) in [4.78, 5) is 34.8. The molecule has 3 amide bonds. The number of nitrogens with zero attached hydrogens (tertiary/aromatic N) is 5. The SMILES string of the molecule is CCCC[N+]1=C(CN2CC(C)OC(C)C2)N=C2C1C(=O)N(C)C(=O)N2C. The Morgan fingerprint density at radius 2 is 1.81 bits per heavy atom. The normalized spacial score (nSPS) is 30.2. The number of aliphatic imine (C=N–C) groups is 1. The van der Waals surface area contributed by atoms with Crippen molar-refractivity contribution in [3.05, 3.63) is 0 Å². The molecule has 0 spiro atoms. The lowest BCUT2D eigenvalue weighted by Crippen LogP contribution is -2.61. The highest BCUT2D eigenvalue weighted by Gasteiger charge is 2.52. The number of likely N-dealkylation sites (N-methyl/N-ethyl adjacent to an activating group) is 2. The fraction of sp³-hybridized carbons (Fsp3) is 0.778. The highest BCUT2D eigenvalue weighted by Crippen LogP contribution is 2.20. The smallest absolute Gasteiger partial charge is 0.333 e. The predicted molar refractivity (Wildman–Crippen MR) is 98.6 cm³/mol. The highest BCUT2D eigenvalue weighted by molar-refractivity contribution is 6.23. The van der Waals surface area contributed by atoms with Gasteiger partial charge in [0.25, 0.3) is 17.8 Å². The summed E-state index contributed by atoms with van der Waals surface area (Å²) in [5, 5.41) is 0. The second-order valence-corrected chi connectivity index (χ2v) is 7.53. The zero-order valence-electron chi connectivity index (χ0n) is 16.4. The second-order valence-electron chi connectivity index (χ2n) is 7.53. The standard InChI is InChI=1S/C18H30N5O3/c1-6-7-8-23-14(11-22-9-12(2)26-13(3)10-22)19-16-15(23)17(24)21(5)18(25)20(16)4/h12-13,15H,6-11H2,1-5H3/q+1. The van der Waals surface area contributed by atoms with Crippen molar-refractivity contribution in [1.29, 1.82) is 0 Å². The molecule has 3 heterocycles. The lowest BCUT2D eigenvalue weighted by molar-refractivity contribution is -0.536. The summed E-state index contributed by atoms with van der Waals surface area (Å²) in [7, 11) is 3.23. The minimum atomic E-state index is -0.486. The van der Waals surface area contributed by atoms with Gasteiger partial charge in [-0.25, -0.2) is 9.37 Å². The first kappa shape index (κ1) is 19.0. The van der Waals surface area contributed by atoms with Crippen molar-refractivity contribution in [2.24, 2.45) is 4.99 Å². The summed E-state index contributed by atoms with van der Waals surface area (Å²) in [5.41, 5.74) is 0. The maximum Gasteiger partial charge on any atom is 0.333 e. The van der Waals surface area contributed by atoms with Crippen LogP contribution in [0.5, 0.6) is 0 Å². The Morgan fingerprint density at radius 3 is 2.42 bits per heavy atom. The Hall–Kier alpha value is -1.80. The Labute approximate surface area is 155 Å². The number of amidine groups is 2. The number of ether oxygens (including phenoxy) is 1. The molecule has 2 fully saturated rings. The van der Waals surface area contributed by atoms with Crippen LogP contribution in [0.1, 0.15) is 33.6 Å². The number of fused-ring (bicyclic) bond motifs is 1. The van der Waals surface area contributed by atoms with Crippen molar-refractivity contribution in [3.63, 3.8) is 0 Å². The van der Waals surface area contributed by atoms with Crippen molar-refractivity contribution < 1.29 is 18.9 Å². The fourth-order valence-electron chi connectivity index (χ4n) is 3.98. The zero-order chi connectivity index (χ0) is 19.0. The first-order chi connectivity index (χ1) is 12.3. The first-order valence-electron chi connectivity index (χ1n) is 9.47. The van der Waals surface area contributed by atoms with Crippen LogP contribution in [0.2, 0.25) is 0 Å². The van der Waals surface area contributed by atoms with E-state index in [1.165, 1.54) is 9.80 Å². The third kappa shape index (κ3) is 3.40. The summed E-state index contributed by atoms with van der Waals surface area (Å²) in [6, 6.07) is -0.810. The molecule has 2 saturated heterocycles. The van der Waals surface area contributed by atoms with Crippen molar-refractivity contribution >= 4 is 23.6 Å². The van der Waals surface area contributed by atoms with Gasteiger partial charge in [0, 0.05) is 27.2 Å².